The second-order valence-corrected chi connectivity index (χ2v) is 4.96. The van der Waals surface area contributed by atoms with Gasteiger partial charge in [0, 0.05) is 11.4 Å². The highest BCUT2D eigenvalue weighted by molar-refractivity contribution is 7.09. The van der Waals surface area contributed by atoms with E-state index in [-0.39, 0.29) is 12.3 Å². The molecule has 0 saturated carbocycles. The van der Waals surface area contributed by atoms with Crippen LogP contribution in [-0.2, 0) is 13.2 Å². The van der Waals surface area contributed by atoms with Crippen LogP contribution >= 0.6 is 11.3 Å². The first-order valence-electron chi connectivity index (χ1n) is 5.63. The van der Waals surface area contributed by atoms with Crippen LogP contribution in [0.15, 0.2) is 23.6 Å². The number of nitro benzene ring substituents is 1. The molecule has 7 heteroatoms. The van der Waals surface area contributed by atoms with Gasteiger partial charge in [-0.25, -0.2) is 4.98 Å². The minimum atomic E-state index is -0.406. The van der Waals surface area contributed by atoms with Crippen LogP contribution in [0.3, 0.4) is 0 Å². The third-order valence-corrected chi connectivity index (χ3v) is 3.44. The van der Waals surface area contributed by atoms with Crippen molar-refractivity contribution < 1.29 is 10.0 Å². The molecule has 0 unspecified atom stereocenters. The smallest absolute Gasteiger partial charge is 0.292 e. The topological polar surface area (TPSA) is 88.3 Å². The summed E-state index contributed by atoms with van der Waals surface area (Å²) in [6, 6.07) is 5.04. The molecule has 19 heavy (non-hydrogen) atoms. The van der Waals surface area contributed by atoms with Gasteiger partial charge < -0.3 is 10.4 Å². The van der Waals surface area contributed by atoms with E-state index >= 15 is 0 Å². The van der Waals surface area contributed by atoms with Crippen LogP contribution in [-0.4, -0.2) is 15.0 Å². The molecule has 0 bridgehead atoms. The van der Waals surface area contributed by atoms with Crippen LogP contribution < -0.4 is 5.32 Å². The van der Waals surface area contributed by atoms with Crippen molar-refractivity contribution in [1.29, 1.82) is 0 Å². The molecule has 0 amide bonds. The zero-order valence-corrected chi connectivity index (χ0v) is 11.1. The molecule has 1 aromatic heterocycles. The molecule has 6 nitrogen and oxygen atoms in total. The number of nitrogens with zero attached hydrogens (tertiary/aromatic N) is 2. The molecular weight excluding hydrogens is 266 g/mol. The monoisotopic (exact) mass is 279 g/mol. The van der Waals surface area contributed by atoms with E-state index in [0.717, 1.165) is 10.6 Å². The average molecular weight is 279 g/mol. The minimum absolute atomic E-state index is 0.0546. The van der Waals surface area contributed by atoms with Crippen molar-refractivity contribution in [2.45, 2.75) is 20.1 Å². The molecule has 0 spiro atoms. The highest BCUT2D eigenvalue weighted by Gasteiger charge is 2.13. The van der Waals surface area contributed by atoms with Gasteiger partial charge in [-0.05, 0) is 18.6 Å². The standard InChI is InChI=1S/C12H13N3O3S/c1-8-2-3-10(11(4-8)15(17)18)13-5-12-14-9(6-16)7-19-12/h2-4,7,13,16H,5-6H2,1H3. The number of nitrogens with one attached hydrogen (secondary N) is 1. The number of hydrogen-bond donors (Lipinski definition) is 2. The first-order chi connectivity index (χ1) is 9.10. The molecule has 100 valence electrons. The van der Waals surface area contributed by atoms with Crippen molar-refractivity contribution in [3.05, 3.63) is 50.0 Å². The Hall–Kier alpha value is -1.99. The number of rotatable bonds is 5. The van der Waals surface area contributed by atoms with Crippen molar-refractivity contribution >= 4 is 22.7 Å². The normalized spacial score (nSPS) is 10.4. The van der Waals surface area contributed by atoms with E-state index in [1.54, 1.807) is 11.4 Å². The molecule has 2 N–H and O–H groups in total. The van der Waals surface area contributed by atoms with Gasteiger partial charge in [0.25, 0.3) is 5.69 Å². The number of nitro groups is 1. The second kappa shape index (κ2) is 5.77. The maximum absolute atomic E-state index is 11.0. The lowest BCUT2D eigenvalue weighted by atomic mass is 10.2. The van der Waals surface area contributed by atoms with Crippen LogP contribution in [0.5, 0.6) is 0 Å². The Morgan fingerprint density at radius 3 is 2.95 bits per heavy atom. The molecule has 0 aliphatic carbocycles. The summed E-state index contributed by atoms with van der Waals surface area (Å²) in [5.74, 6) is 0. The minimum Gasteiger partial charge on any atom is -0.390 e. The van der Waals surface area contributed by atoms with Gasteiger partial charge in [0.1, 0.15) is 10.7 Å². The zero-order valence-electron chi connectivity index (χ0n) is 10.3. The Labute approximate surface area is 113 Å². The average Bonchev–Trinajstić information content (AvgIpc) is 2.85. The Morgan fingerprint density at radius 1 is 1.53 bits per heavy atom. The number of benzene rings is 1. The Balaban J connectivity index is 2.12. The van der Waals surface area contributed by atoms with Gasteiger partial charge in [-0.15, -0.1) is 11.3 Å². The van der Waals surface area contributed by atoms with Crippen LogP contribution in [0.25, 0.3) is 0 Å². The second-order valence-electron chi connectivity index (χ2n) is 4.02. The van der Waals surface area contributed by atoms with Crippen LogP contribution in [0.4, 0.5) is 11.4 Å². The van der Waals surface area contributed by atoms with Gasteiger partial charge in [-0.3, -0.25) is 10.1 Å². The predicted molar refractivity (Wildman–Crippen MR) is 73.2 cm³/mol. The summed E-state index contributed by atoms with van der Waals surface area (Å²) in [6.07, 6.45) is 0. The van der Waals surface area contributed by atoms with E-state index in [2.05, 4.69) is 10.3 Å². The number of anilines is 1. The Bertz CT molecular complexity index is 598. The molecule has 0 aliphatic rings. The van der Waals surface area contributed by atoms with E-state index in [0.29, 0.717) is 17.9 Å². The summed E-state index contributed by atoms with van der Waals surface area (Å²) in [4.78, 5) is 14.7. The number of thiazole rings is 1. The molecule has 0 fully saturated rings. The van der Waals surface area contributed by atoms with E-state index in [1.165, 1.54) is 17.4 Å². The zero-order chi connectivity index (χ0) is 13.8. The summed E-state index contributed by atoms with van der Waals surface area (Å²) in [6.45, 7) is 2.11. The van der Waals surface area contributed by atoms with Crippen molar-refractivity contribution in [2.24, 2.45) is 0 Å². The third-order valence-electron chi connectivity index (χ3n) is 2.54. The first-order valence-corrected chi connectivity index (χ1v) is 6.51. The molecule has 1 aromatic carbocycles. The molecule has 2 rings (SSSR count). The first kappa shape index (κ1) is 13.4. The molecule has 0 atom stereocenters. The van der Waals surface area contributed by atoms with Gasteiger partial charge in [-0.1, -0.05) is 6.07 Å². The van der Waals surface area contributed by atoms with E-state index in [4.69, 9.17) is 5.11 Å². The SMILES string of the molecule is Cc1ccc(NCc2nc(CO)cs2)c([N+](=O)[O-])c1. The fourth-order valence-electron chi connectivity index (χ4n) is 1.62. The number of aromatic nitrogens is 1. The summed E-state index contributed by atoms with van der Waals surface area (Å²) in [5.41, 5.74) is 1.98. The van der Waals surface area contributed by atoms with Crippen molar-refractivity contribution in [3.63, 3.8) is 0 Å². The van der Waals surface area contributed by atoms with Crippen molar-refractivity contribution in [3.8, 4) is 0 Å². The van der Waals surface area contributed by atoms with Gasteiger partial charge >= 0.3 is 0 Å². The quantitative estimate of drug-likeness (QED) is 0.648. The lowest BCUT2D eigenvalue weighted by molar-refractivity contribution is -0.384. The van der Waals surface area contributed by atoms with Gasteiger partial charge in [0.2, 0.25) is 0 Å². The lowest BCUT2D eigenvalue weighted by Gasteiger charge is -2.05. The largest absolute Gasteiger partial charge is 0.390 e. The molecule has 0 aliphatic heterocycles. The van der Waals surface area contributed by atoms with Crippen molar-refractivity contribution in [1.82, 2.24) is 4.98 Å². The summed E-state index contributed by atoms with van der Waals surface area (Å²) >= 11 is 1.41. The van der Waals surface area contributed by atoms with E-state index < -0.39 is 4.92 Å². The van der Waals surface area contributed by atoms with E-state index in [1.807, 2.05) is 13.0 Å². The summed E-state index contributed by atoms with van der Waals surface area (Å²) < 4.78 is 0. The number of hydrogen-bond acceptors (Lipinski definition) is 6. The van der Waals surface area contributed by atoms with Gasteiger partial charge in [0.05, 0.1) is 23.8 Å². The lowest BCUT2D eigenvalue weighted by Crippen LogP contribution is -2.03. The fourth-order valence-corrected chi connectivity index (χ4v) is 2.34. The fraction of sp³-hybridized carbons (Fsp3) is 0.250. The number of aliphatic hydroxyl groups is 1. The van der Waals surface area contributed by atoms with Gasteiger partial charge in [-0.2, -0.15) is 0 Å². The third kappa shape index (κ3) is 3.27. The van der Waals surface area contributed by atoms with Crippen LogP contribution in [0.1, 0.15) is 16.3 Å². The predicted octanol–water partition coefficient (Wildman–Crippen LogP) is 2.46. The van der Waals surface area contributed by atoms with E-state index in [9.17, 15) is 10.1 Å². The molecule has 1 heterocycles. The molecule has 2 aromatic rings. The maximum Gasteiger partial charge on any atom is 0.292 e. The number of aryl methyl sites for hydroxylation is 1. The highest BCUT2D eigenvalue weighted by atomic mass is 32.1. The van der Waals surface area contributed by atoms with Crippen LogP contribution in [0.2, 0.25) is 0 Å². The summed E-state index contributed by atoms with van der Waals surface area (Å²) in [7, 11) is 0. The molecule has 0 radical (unpaired) electrons. The maximum atomic E-state index is 11.0. The molecular formula is C12H13N3O3S. The summed E-state index contributed by atoms with van der Waals surface area (Å²) in [5, 5.41) is 25.4. The Morgan fingerprint density at radius 2 is 2.32 bits per heavy atom. The molecule has 0 saturated heterocycles. The van der Waals surface area contributed by atoms with Crippen molar-refractivity contribution in [2.75, 3.05) is 5.32 Å². The highest BCUT2D eigenvalue weighted by Crippen LogP contribution is 2.26. The number of aliphatic hydroxyl groups excluding tert-OH is 1. The van der Waals surface area contributed by atoms with Gasteiger partial charge in [0.15, 0.2) is 0 Å². The van der Waals surface area contributed by atoms with Crippen LogP contribution in [0, 0.1) is 17.0 Å². The Kier molecular flexibility index (Phi) is 4.08.